The number of carbonyl (C=O) groups excluding carboxylic acids is 2. The number of amides is 2. The fraction of sp³-hybridized carbons (Fsp3) is 0.375. The van der Waals surface area contributed by atoms with Gasteiger partial charge in [0.2, 0.25) is 21.8 Å². The molecule has 2 amide bonds. The number of hydrogen-bond donors (Lipinski definition) is 1. The van der Waals surface area contributed by atoms with Gasteiger partial charge >= 0.3 is 6.18 Å². The van der Waals surface area contributed by atoms with Crippen molar-refractivity contribution >= 4 is 27.5 Å². The highest BCUT2D eigenvalue weighted by Crippen LogP contribution is 2.32. The van der Waals surface area contributed by atoms with Crippen molar-refractivity contribution in [1.29, 1.82) is 0 Å². The van der Waals surface area contributed by atoms with Crippen molar-refractivity contribution in [1.82, 2.24) is 10.2 Å². The number of anilines is 1. The maximum Gasteiger partial charge on any atom is 0.416 e. The minimum Gasteiger partial charge on any atom is -0.352 e. The van der Waals surface area contributed by atoms with Crippen LogP contribution in [0.4, 0.5) is 18.9 Å². The smallest absolute Gasteiger partial charge is 0.352 e. The van der Waals surface area contributed by atoms with E-state index in [4.69, 9.17) is 0 Å². The zero-order chi connectivity index (χ0) is 31.8. The molecule has 0 fully saturated rings. The van der Waals surface area contributed by atoms with E-state index in [1.807, 2.05) is 75.4 Å². The van der Waals surface area contributed by atoms with E-state index >= 15 is 0 Å². The Kier molecular flexibility index (Phi) is 11.4. The van der Waals surface area contributed by atoms with Gasteiger partial charge in [0.1, 0.15) is 6.04 Å². The van der Waals surface area contributed by atoms with Gasteiger partial charge in [-0.15, -0.1) is 0 Å². The summed E-state index contributed by atoms with van der Waals surface area (Å²) >= 11 is 0. The van der Waals surface area contributed by atoms with Crippen LogP contribution < -0.4 is 9.62 Å². The van der Waals surface area contributed by atoms with Gasteiger partial charge < -0.3 is 10.2 Å². The average molecular weight is 618 g/mol. The molecule has 0 unspecified atom stereocenters. The SMILES string of the molecule is Cc1cccc(CN(C(=O)CCCN(c2cccc(C(F)(F)F)c2)S(C)(=O)=O)[C@H](Cc2ccccc2)C(=O)NC(C)C)c1. The van der Waals surface area contributed by atoms with Crippen LogP contribution in [0.25, 0.3) is 0 Å². The summed E-state index contributed by atoms with van der Waals surface area (Å²) in [4.78, 5) is 28.8. The van der Waals surface area contributed by atoms with Crippen LogP contribution in [0.3, 0.4) is 0 Å². The summed E-state index contributed by atoms with van der Waals surface area (Å²) in [6.45, 7) is 5.52. The van der Waals surface area contributed by atoms with Gasteiger partial charge in [0.25, 0.3) is 0 Å². The Morgan fingerprint density at radius 2 is 1.56 bits per heavy atom. The summed E-state index contributed by atoms with van der Waals surface area (Å²) < 4.78 is 65.9. The van der Waals surface area contributed by atoms with Crippen molar-refractivity contribution in [2.45, 2.75) is 64.8 Å². The van der Waals surface area contributed by atoms with Crippen LogP contribution in [-0.2, 0) is 38.8 Å². The van der Waals surface area contributed by atoms with Gasteiger partial charge in [-0.2, -0.15) is 13.2 Å². The Hall–Kier alpha value is -3.86. The van der Waals surface area contributed by atoms with Crippen molar-refractivity contribution in [2.75, 3.05) is 17.1 Å². The molecule has 3 aromatic carbocycles. The molecule has 232 valence electrons. The molecule has 11 heteroatoms. The third kappa shape index (κ3) is 10.1. The molecule has 0 saturated heterocycles. The maximum atomic E-state index is 13.8. The van der Waals surface area contributed by atoms with Crippen LogP contribution in [0.2, 0.25) is 0 Å². The number of sulfonamides is 1. The number of nitrogens with zero attached hydrogens (tertiary/aromatic N) is 2. The number of rotatable bonds is 13. The molecule has 0 spiro atoms. The highest BCUT2D eigenvalue weighted by molar-refractivity contribution is 7.92. The van der Waals surface area contributed by atoms with E-state index in [0.29, 0.717) is 0 Å². The van der Waals surface area contributed by atoms with Crippen molar-refractivity contribution in [3.05, 3.63) is 101 Å². The molecule has 1 N–H and O–H groups in total. The fourth-order valence-corrected chi connectivity index (χ4v) is 5.74. The first-order chi connectivity index (χ1) is 20.1. The van der Waals surface area contributed by atoms with E-state index in [1.165, 1.54) is 11.0 Å². The van der Waals surface area contributed by atoms with E-state index in [1.54, 1.807) is 0 Å². The second-order valence-electron chi connectivity index (χ2n) is 10.9. The van der Waals surface area contributed by atoms with E-state index in [0.717, 1.165) is 45.5 Å². The van der Waals surface area contributed by atoms with Crippen LogP contribution >= 0.6 is 0 Å². The van der Waals surface area contributed by atoms with Crippen LogP contribution in [0.15, 0.2) is 78.9 Å². The minimum atomic E-state index is -4.64. The van der Waals surface area contributed by atoms with E-state index < -0.39 is 27.8 Å². The minimum absolute atomic E-state index is 0.0241. The monoisotopic (exact) mass is 617 g/mol. The number of alkyl halides is 3. The molecule has 0 bridgehead atoms. The highest BCUT2D eigenvalue weighted by atomic mass is 32.2. The molecular formula is C32H38F3N3O4S. The normalized spacial score (nSPS) is 12.6. The Morgan fingerprint density at radius 3 is 2.16 bits per heavy atom. The number of nitrogens with one attached hydrogen (secondary N) is 1. The zero-order valence-electron chi connectivity index (χ0n) is 24.8. The maximum absolute atomic E-state index is 13.8. The predicted molar refractivity (Wildman–Crippen MR) is 162 cm³/mol. The van der Waals surface area contributed by atoms with Crippen LogP contribution in [0.1, 0.15) is 48.9 Å². The number of aryl methyl sites for hydroxylation is 1. The van der Waals surface area contributed by atoms with E-state index in [2.05, 4.69) is 5.32 Å². The molecular weight excluding hydrogens is 579 g/mol. The first-order valence-electron chi connectivity index (χ1n) is 14.0. The quantitative estimate of drug-likeness (QED) is 0.266. The lowest BCUT2D eigenvalue weighted by molar-refractivity contribution is -0.141. The van der Waals surface area contributed by atoms with Gasteiger partial charge in [-0.05, 0) is 56.5 Å². The third-order valence-corrected chi connectivity index (χ3v) is 7.95. The molecule has 0 radical (unpaired) electrons. The fourth-order valence-electron chi connectivity index (χ4n) is 4.78. The Morgan fingerprint density at radius 1 is 0.907 bits per heavy atom. The summed E-state index contributed by atoms with van der Waals surface area (Å²) in [5, 5.41) is 2.92. The van der Waals surface area contributed by atoms with Crippen molar-refractivity contribution in [2.24, 2.45) is 0 Å². The number of carbonyl (C=O) groups is 2. The molecule has 0 heterocycles. The summed E-state index contributed by atoms with van der Waals surface area (Å²) in [6, 6.07) is 20.0. The topological polar surface area (TPSA) is 86.8 Å². The molecule has 0 aliphatic heterocycles. The van der Waals surface area contributed by atoms with Crippen LogP contribution in [0.5, 0.6) is 0 Å². The summed E-state index contributed by atoms with van der Waals surface area (Å²) in [5.74, 6) is -0.694. The molecule has 0 aliphatic rings. The van der Waals surface area contributed by atoms with Gasteiger partial charge in [0.15, 0.2) is 0 Å². The first-order valence-corrected chi connectivity index (χ1v) is 15.8. The highest BCUT2D eigenvalue weighted by Gasteiger charge is 2.33. The molecule has 0 aromatic heterocycles. The Balaban J connectivity index is 1.90. The van der Waals surface area contributed by atoms with Gasteiger partial charge in [0, 0.05) is 32.0 Å². The Bertz CT molecular complexity index is 1490. The third-order valence-electron chi connectivity index (χ3n) is 6.75. The second kappa shape index (κ2) is 14.5. The second-order valence-corrected chi connectivity index (χ2v) is 12.8. The summed E-state index contributed by atoms with van der Waals surface area (Å²) in [6.07, 6.45) is -3.58. The molecule has 3 rings (SSSR count). The van der Waals surface area contributed by atoms with E-state index in [9.17, 15) is 31.2 Å². The predicted octanol–water partition coefficient (Wildman–Crippen LogP) is 5.72. The largest absolute Gasteiger partial charge is 0.416 e. The lowest BCUT2D eigenvalue weighted by Crippen LogP contribution is -2.51. The molecule has 0 aliphatic carbocycles. The summed E-state index contributed by atoms with van der Waals surface area (Å²) in [7, 11) is -3.96. The van der Waals surface area contributed by atoms with Gasteiger partial charge in [-0.3, -0.25) is 13.9 Å². The standard InChI is InChI=1S/C32H38F3N3O4S/c1-23(2)36-31(40)29(20-25-12-6-5-7-13-25)37(22-26-14-8-11-24(3)19-26)30(39)17-10-18-38(43(4,41)42)28-16-9-15-27(21-28)32(33,34)35/h5-9,11-16,19,21,23,29H,10,17-18,20,22H2,1-4H3,(H,36,40)/t29-/m1/s1. The lowest BCUT2D eigenvalue weighted by Gasteiger charge is -2.32. The lowest BCUT2D eigenvalue weighted by atomic mass is 10.0. The van der Waals surface area contributed by atoms with Crippen molar-refractivity contribution in [3.8, 4) is 0 Å². The summed E-state index contributed by atoms with van der Waals surface area (Å²) in [5.41, 5.74) is 1.56. The molecule has 3 aromatic rings. The molecule has 0 saturated carbocycles. The van der Waals surface area contributed by atoms with Gasteiger partial charge in [-0.1, -0.05) is 66.2 Å². The van der Waals surface area contributed by atoms with Crippen LogP contribution in [-0.4, -0.2) is 50.0 Å². The first kappa shape index (κ1) is 33.6. The van der Waals surface area contributed by atoms with E-state index in [-0.39, 0.29) is 55.9 Å². The number of hydrogen-bond acceptors (Lipinski definition) is 4. The molecule has 7 nitrogen and oxygen atoms in total. The van der Waals surface area contributed by atoms with Crippen LogP contribution in [0, 0.1) is 6.92 Å². The van der Waals surface area contributed by atoms with Crippen molar-refractivity contribution in [3.63, 3.8) is 0 Å². The van der Waals surface area contributed by atoms with Gasteiger partial charge in [0.05, 0.1) is 17.5 Å². The van der Waals surface area contributed by atoms with Gasteiger partial charge in [-0.25, -0.2) is 8.42 Å². The van der Waals surface area contributed by atoms with Crippen molar-refractivity contribution < 1.29 is 31.2 Å². The number of halogens is 3. The number of benzene rings is 3. The average Bonchev–Trinajstić information content (AvgIpc) is 2.92. The molecule has 43 heavy (non-hydrogen) atoms. The molecule has 1 atom stereocenters. The zero-order valence-corrected chi connectivity index (χ0v) is 25.6. The Labute approximate surface area is 251 Å².